The number of H-pyrrole nitrogens is 1. The Morgan fingerprint density at radius 3 is 2.97 bits per heavy atom. The highest BCUT2D eigenvalue weighted by atomic mass is 16.5. The molecule has 1 aromatic carbocycles. The molecule has 11 heteroatoms. The van der Waals surface area contributed by atoms with Crippen LogP contribution in [0.25, 0.3) is 11.1 Å². The Morgan fingerprint density at radius 1 is 1.35 bits per heavy atom. The molecule has 2 aromatic heterocycles. The lowest BCUT2D eigenvalue weighted by Crippen LogP contribution is -2.34. The number of amides is 1. The lowest BCUT2D eigenvalue weighted by Gasteiger charge is -2.18. The van der Waals surface area contributed by atoms with Gasteiger partial charge >= 0.3 is 0 Å². The fraction of sp³-hybridized carbons (Fsp3) is 0.200. The van der Waals surface area contributed by atoms with Gasteiger partial charge in [-0.25, -0.2) is 11.4 Å². The standard InChI is InChI=1S/C20H23N9O2/c1-31-19-15(13-10-23-24-11-13)5-6-17(26-19)29-8-7-16(20(29)30)25-14-4-2-3-12(9-14)18(21)27-28-22/h2-6,9-11,16,25,28H,7-8,22H2,1H3,(H2,21,27)(H,23,24). The number of rotatable bonds is 7. The molecule has 0 bridgehead atoms. The highest BCUT2D eigenvalue weighted by Gasteiger charge is 2.33. The largest absolute Gasteiger partial charge is 0.480 e. The van der Waals surface area contributed by atoms with Gasteiger partial charge in [0.1, 0.15) is 11.9 Å². The van der Waals surface area contributed by atoms with Gasteiger partial charge in [-0.05, 0) is 30.7 Å². The van der Waals surface area contributed by atoms with Crippen LogP contribution in [0.2, 0.25) is 0 Å². The van der Waals surface area contributed by atoms with Crippen LogP contribution >= 0.6 is 0 Å². The molecule has 1 aliphatic rings. The van der Waals surface area contributed by atoms with Crippen LogP contribution in [0.3, 0.4) is 0 Å². The minimum absolute atomic E-state index is 0.0683. The fourth-order valence-corrected chi connectivity index (χ4v) is 3.50. The Balaban J connectivity index is 1.51. The van der Waals surface area contributed by atoms with Gasteiger partial charge in [-0.1, -0.05) is 12.1 Å². The predicted octanol–water partition coefficient (Wildman–Crippen LogP) is 0.781. The van der Waals surface area contributed by atoms with E-state index in [9.17, 15) is 4.79 Å². The zero-order valence-electron chi connectivity index (χ0n) is 16.9. The molecule has 31 heavy (non-hydrogen) atoms. The number of nitrogens with two attached hydrogens (primary N) is 2. The smallest absolute Gasteiger partial charge is 0.250 e. The molecule has 1 fully saturated rings. The summed E-state index contributed by atoms with van der Waals surface area (Å²) < 4.78 is 5.44. The van der Waals surface area contributed by atoms with E-state index in [1.54, 1.807) is 24.4 Å². The van der Waals surface area contributed by atoms with Crippen molar-refractivity contribution in [2.75, 3.05) is 23.9 Å². The SMILES string of the molecule is COc1nc(N2CCC(Nc3cccc(C(N)=NNN)c3)C2=O)ccc1-c1cn[nH]c1. The van der Waals surface area contributed by atoms with Crippen molar-refractivity contribution in [2.24, 2.45) is 16.7 Å². The maximum Gasteiger partial charge on any atom is 0.250 e. The third-order valence-electron chi connectivity index (χ3n) is 5.01. The summed E-state index contributed by atoms with van der Waals surface area (Å²) in [6.45, 7) is 0.540. The zero-order valence-corrected chi connectivity index (χ0v) is 16.9. The molecule has 1 atom stereocenters. The molecular formula is C20H23N9O2. The van der Waals surface area contributed by atoms with Gasteiger partial charge in [0, 0.05) is 35.1 Å². The summed E-state index contributed by atoms with van der Waals surface area (Å²) in [5.41, 5.74) is 11.1. The minimum atomic E-state index is -0.387. The number of amidine groups is 1. The summed E-state index contributed by atoms with van der Waals surface area (Å²) in [6, 6.07) is 10.6. The highest BCUT2D eigenvalue weighted by Crippen LogP contribution is 2.31. The molecule has 7 N–H and O–H groups in total. The highest BCUT2D eigenvalue weighted by molar-refractivity contribution is 6.01. The van der Waals surface area contributed by atoms with Gasteiger partial charge in [-0.2, -0.15) is 10.1 Å². The molecule has 11 nitrogen and oxygen atoms in total. The number of carbonyl (C=O) groups is 1. The summed E-state index contributed by atoms with van der Waals surface area (Å²) in [6.07, 6.45) is 4.08. The number of aromatic amines is 1. The summed E-state index contributed by atoms with van der Waals surface area (Å²) in [7, 11) is 1.55. The summed E-state index contributed by atoms with van der Waals surface area (Å²) >= 11 is 0. The number of nitrogens with zero attached hydrogens (tertiary/aromatic N) is 4. The number of hydrazone groups is 1. The first-order chi connectivity index (χ1) is 15.1. The van der Waals surface area contributed by atoms with Crippen molar-refractivity contribution in [2.45, 2.75) is 12.5 Å². The van der Waals surface area contributed by atoms with Crippen molar-refractivity contribution in [3.8, 4) is 17.0 Å². The average Bonchev–Trinajstić information content (AvgIpc) is 3.44. The number of benzene rings is 1. The number of hydrogen-bond acceptors (Lipinski definition) is 8. The number of pyridine rings is 1. The molecule has 0 radical (unpaired) electrons. The maximum absolute atomic E-state index is 13.0. The molecule has 3 aromatic rings. The number of hydrazine groups is 1. The summed E-state index contributed by atoms with van der Waals surface area (Å²) in [4.78, 5) is 19.2. The Labute approximate surface area is 178 Å². The lowest BCUT2D eigenvalue weighted by atomic mass is 10.1. The maximum atomic E-state index is 13.0. The number of anilines is 2. The van der Waals surface area contributed by atoms with Crippen LogP contribution in [0.15, 0.2) is 53.9 Å². The first kappa shape index (κ1) is 20.2. The van der Waals surface area contributed by atoms with Crippen molar-refractivity contribution >= 4 is 23.2 Å². The summed E-state index contributed by atoms with van der Waals surface area (Å²) in [5.74, 6) is 6.33. The molecule has 0 spiro atoms. The van der Waals surface area contributed by atoms with E-state index < -0.39 is 0 Å². The van der Waals surface area contributed by atoms with E-state index in [0.717, 1.165) is 16.8 Å². The van der Waals surface area contributed by atoms with E-state index in [4.69, 9.17) is 16.3 Å². The van der Waals surface area contributed by atoms with E-state index in [1.165, 1.54) is 0 Å². The van der Waals surface area contributed by atoms with Gasteiger partial charge in [0.05, 0.1) is 13.3 Å². The monoisotopic (exact) mass is 421 g/mol. The van der Waals surface area contributed by atoms with Crippen LogP contribution in [0.4, 0.5) is 11.5 Å². The molecule has 0 aliphatic carbocycles. The second-order valence-electron chi connectivity index (χ2n) is 6.90. The van der Waals surface area contributed by atoms with E-state index in [0.29, 0.717) is 30.2 Å². The van der Waals surface area contributed by atoms with Crippen LogP contribution in [-0.2, 0) is 4.79 Å². The molecule has 1 unspecified atom stereocenters. The van der Waals surface area contributed by atoms with Gasteiger partial charge in [-0.3, -0.25) is 14.8 Å². The topological polar surface area (TPSA) is 160 Å². The summed E-state index contributed by atoms with van der Waals surface area (Å²) in [5, 5.41) is 13.8. The third-order valence-corrected chi connectivity index (χ3v) is 5.01. The Hall–Kier alpha value is -4.12. The van der Waals surface area contributed by atoms with Crippen molar-refractivity contribution < 1.29 is 9.53 Å². The molecule has 4 rings (SSSR count). The normalized spacial score (nSPS) is 16.5. The lowest BCUT2D eigenvalue weighted by molar-refractivity contribution is -0.117. The Kier molecular flexibility index (Phi) is 5.67. The van der Waals surface area contributed by atoms with Gasteiger partial charge in [0.15, 0.2) is 5.84 Å². The van der Waals surface area contributed by atoms with E-state index in [1.807, 2.05) is 36.4 Å². The first-order valence-electron chi connectivity index (χ1n) is 9.62. The molecule has 3 heterocycles. The van der Waals surface area contributed by atoms with E-state index >= 15 is 0 Å². The molecule has 1 amide bonds. The average molecular weight is 421 g/mol. The van der Waals surface area contributed by atoms with Crippen LogP contribution in [-0.4, -0.2) is 46.6 Å². The Bertz CT molecular complexity index is 1100. The van der Waals surface area contributed by atoms with Crippen LogP contribution in [0.1, 0.15) is 12.0 Å². The second-order valence-corrected chi connectivity index (χ2v) is 6.90. The van der Waals surface area contributed by atoms with Gasteiger partial charge in [0.25, 0.3) is 5.91 Å². The van der Waals surface area contributed by atoms with E-state index in [-0.39, 0.29) is 17.8 Å². The van der Waals surface area contributed by atoms with Crippen LogP contribution < -0.4 is 32.1 Å². The predicted molar refractivity (Wildman–Crippen MR) is 117 cm³/mol. The van der Waals surface area contributed by atoms with Gasteiger partial charge in [-0.15, -0.1) is 5.10 Å². The third kappa shape index (κ3) is 4.12. The first-order valence-corrected chi connectivity index (χ1v) is 9.62. The molecule has 1 saturated heterocycles. The number of nitrogens with one attached hydrogen (secondary N) is 3. The van der Waals surface area contributed by atoms with Crippen LogP contribution in [0, 0.1) is 0 Å². The van der Waals surface area contributed by atoms with Crippen molar-refractivity contribution in [3.63, 3.8) is 0 Å². The van der Waals surface area contributed by atoms with Crippen molar-refractivity contribution in [1.82, 2.24) is 20.7 Å². The fourth-order valence-electron chi connectivity index (χ4n) is 3.50. The van der Waals surface area contributed by atoms with Crippen LogP contribution in [0.5, 0.6) is 5.88 Å². The minimum Gasteiger partial charge on any atom is -0.480 e. The van der Waals surface area contributed by atoms with Gasteiger partial charge in [0.2, 0.25) is 5.88 Å². The van der Waals surface area contributed by atoms with E-state index in [2.05, 4.69) is 31.1 Å². The number of methoxy groups -OCH3 is 1. The molecule has 0 saturated carbocycles. The molecular weight excluding hydrogens is 398 g/mol. The van der Waals surface area contributed by atoms with Gasteiger partial charge < -0.3 is 15.8 Å². The number of aromatic nitrogens is 3. The Morgan fingerprint density at radius 2 is 2.23 bits per heavy atom. The molecule has 1 aliphatic heterocycles. The number of hydrogen-bond donors (Lipinski definition) is 5. The second kappa shape index (κ2) is 8.71. The number of carbonyl (C=O) groups excluding carboxylic acids is 1. The quantitative estimate of drug-likeness (QED) is 0.162. The van der Waals surface area contributed by atoms with Crippen molar-refractivity contribution in [3.05, 3.63) is 54.4 Å². The zero-order chi connectivity index (χ0) is 21.8. The molecule has 160 valence electrons. The van der Waals surface area contributed by atoms with Crippen molar-refractivity contribution in [1.29, 1.82) is 0 Å². The number of ether oxygens (including phenoxy) is 1.